The van der Waals surface area contributed by atoms with Crippen LogP contribution in [0.4, 0.5) is 0 Å². The zero-order valence-electron chi connectivity index (χ0n) is 10.5. The van der Waals surface area contributed by atoms with E-state index in [1.54, 1.807) is 0 Å². The summed E-state index contributed by atoms with van der Waals surface area (Å²) >= 11 is 0. The van der Waals surface area contributed by atoms with Gasteiger partial charge in [0, 0.05) is 12.0 Å². The third kappa shape index (κ3) is 2.99. The van der Waals surface area contributed by atoms with Crippen LogP contribution >= 0.6 is 0 Å². The normalized spacial score (nSPS) is 32.4. The average molecular weight is 240 g/mol. The molecule has 1 amide bonds. The van der Waals surface area contributed by atoms with E-state index in [0.29, 0.717) is 0 Å². The number of rotatable bonds is 3. The summed E-state index contributed by atoms with van der Waals surface area (Å²) in [5.41, 5.74) is 5.57. The maximum atomic E-state index is 12.2. The molecule has 0 spiro atoms. The average Bonchev–Trinajstić information content (AvgIpc) is 2.78. The van der Waals surface area contributed by atoms with E-state index in [0.717, 1.165) is 51.4 Å². The molecule has 0 radical (unpaired) electrons. The van der Waals surface area contributed by atoms with E-state index in [4.69, 9.17) is 5.73 Å². The minimum Gasteiger partial charge on any atom is -0.394 e. The molecular weight excluding hydrogens is 216 g/mol. The highest BCUT2D eigenvalue weighted by Crippen LogP contribution is 2.31. The first-order valence-corrected chi connectivity index (χ1v) is 6.84. The van der Waals surface area contributed by atoms with Gasteiger partial charge in [0.05, 0.1) is 12.1 Å². The van der Waals surface area contributed by atoms with Gasteiger partial charge in [-0.1, -0.05) is 19.3 Å². The van der Waals surface area contributed by atoms with Gasteiger partial charge in [0.1, 0.15) is 0 Å². The van der Waals surface area contributed by atoms with E-state index in [1.165, 1.54) is 0 Å². The molecule has 17 heavy (non-hydrogen) atoms. The maximum absolute atomic E-state index is 12.2. The van der Waals surface area contributed by atoms with Crippen LogP contribution in [0, 0.1) is 5.92 Å². The molecule has 0 bridgehead atoms. The fourth-order valence-corrected chi connectivity index (χ4v) is 3.20. The summed E-state index contributed by atoms with van der Waals surface area (Å²) in [5, 5.41) is 12.6. The van der Waals surface area contributed by atoms with Gasteiger partial charge in [0.15, 0.2) is 0 Å². The van der Waals surface area contributed by atoms with Gasteiger partial charge in [-0.2, -0.15) is 0 Å². The van der Waals surface area contributed by atoms with Crippen molar-refractivity contribution >= 4 is 5.91 Å². The van der Waals surface area contributed by atoms with E-state index in [-0.39, 0.29) is 30.0 Å². The smallest absolute Gasteiger partial charge is 0.223 e. The van der Waals surface area contributed by atoms with Gasteiger partial charge in [-0.25, -0.2) is 0 Å². The van der Waals surface area contributed by atoms with Gasteiger partial charge in [-0.3, -0.25) is 4.79 Å². The van der Waals surface area contributed by atoms with E-state index in [2.05, 4.69) is 5.32 Å². The summed E-state index contributed by atoms with van der Waals surface area (Å²) in [5.74, 6) is 0.166. The lowest BCUT2D eigenvalue weighted by Crippen LogP contribution is -2.52. The number of hydrogen-bond acceptors (Lipinski definition) is 3. The molecule has 0 aliphatic heterocycles. The molecule has 2 aliphatic rings. The summed E-state index contributed by atoms with van der Waals surface area (Å²) in [6.45, 7) is 0.0670. The fraction of sp³-hybridized carbons (Fsp3) is 0.923. The first-order chi connectivity index (χ1) is 8.15. The number of carbonyl (C=O) groups excluding carboxylic acids is 1. The van der Waals surface area contributed by atoms with Crippen molar-refractivity contribution in [1.29, 1.82) is 0 Å². The molecular formula is C13H24N2O2. The molecule has 0 aromatic heterocycles. The third-order valence-corrected chi connectivity index (χ3v) is 4.34. The maximum Gasteiger partial charge on any atom is 0.223 e. The van der Waals surface area contributed by atoms with Crippen LogP contribution < -0.4 is 11.1 Å². The first kappa shape index (κ1) is 12.8. The van der Waals surface area contributed by atoms with Crippen molar-refractivity contribution in [1.82, 2.24) is 5.32 Å². The fourth-order valence-electron chi connectivity index (χ4n) is 3.20. The lowest BCUT2D eigenvalue weighted by atomic mass is 9.84. The Kier molecular flexibility index (Phi) is 4.05. The molecule has 0 saturated heterocycles. The molecule has 98 valence electrons. The van der Waals surface area contributed by atoms with Crippen molar-refractivity contribution in [3.05, 3.63) is 0 Å². The second-order valence-corrected chi connectivity index (χ2v) is 5.76. The highest BCUT2D eigenvalue weighted by atomic mass is 16.3. The lowest BCUT2D eigenvalue weighted by Gasteiger charge is -2.32. The van der Waals surface area contributed by atoms with Crippen LogP contribution in [0.2, 0.25) is 0 Å². The molecule has 0 aromatic carbocycles. The molecule has 2 fully saturated rings. The Bertz CT molecular complexity index is 275. The zero-order chi connectivity index (χ0) is 12.3. The van der Waals surface area contributed by atoms with Crippen molar-refractivity contribution in [3.8, 4) is 0 Å². The first-order valence-electron chi connectivity index (χ1n) is 6.84. The summed E-state index contributed by atoms with van der Waals surface area (Å²) in [4.78, 5) is 12.2. The molecule has 2 unspecified atom stereocenters. The number of nitrogens with two attached hydrogens (primary N) is 1. The van der Waals surface area contributed by atoms with Gasteiger partial charge >= 0.3 is 0 Å². The van der Waals surface area contributed by atoms with E-state index in [9.17, 15) is 9.90 Å². The minimum absolute atomic E-state index is 0.0581. The van der Waals surface area contributed by atoms with Crippen LogP contribution in [0.25, 0.3) is 0 Å². The molecule has 2 atom stereocenters. The zero-order valence-corrected chi connectivity index (χ0v) is 10.5. The molecule has 2 rings (SSSR count). The number of nitrogens with one attached hydrogen (secondary N) is 1. The van der Waals surface area contributed by atoms with Crippen molar-refractivity contribution in [2.45, 2.75) is 62.9 Å². The van der Waals surface area contributed by atoms with Crippen molar-refractivity contribution in [2.24, 2.45) is 11.7 Å². The van der Waals surface area contributed by atoms with Crippen LogP contribution in [0.3, 0.4) is 0 Å². The highest BCUT2D eigenvalue weighted by molar-refractivity contribution is 5.79. The van der Waals surface area contributed by atoms with E-state index >= 15 is 0 Å². The predicted molar refractivity (Wildman–Crippen MR) is 66.4 cm³/mol. The molecule has 0 heterocycles. The van der Waals surface area contributed by atoms with Crippen LogP contribution in [0.1, 0.15) is 51.4 Å². The Hall–Kier alpha value is -0.610. The second kappa shape index (κ2) is 5.36. The van der Waals surface area contributed by atoms with Gasteiger partial charge in [-0.15, -0.1) is 0 Å². The van der Waals surface area contributed by atoms with E-state index in [1.807, 2.05) is 0 Å². The van der Waals surface area contributed by atoms with Gasteiger partial charge in [0.25, 0.3) is 0 Å². The summed E-state index contributed by atoms with van der Waals surface area (Å²) in [7, 11) is 0. The summed E-state index contributed by atoms with van der Waals surface area (Å²) in [6.07, 6.45) is 7.85. The standard InChI is InChI=1S/C13H24N2O2/c14-11-5-3-4-10(8-11)12(17)15-13(9-16)6-1-2-7-13/h10-11,16H,1-9,14H2,(H,15,17). The van der Waals surface area contributed by atoms with E-state index < -0.39 is 0 Å². The van der Waals surface area contributed by atoms with Crippen molar-refractivity contribution in [3.63, 3.8) is 0 Å². The summed E-state index contributed by atoms with van der Waals surface area (Å²) < 4.78 is 0. The number of amides is 1. The number of aliphatic hydroxyl groups is 1. The minimum atomic E-state index is -0.335. The Morgan fingerprint density at radius 3 is 2.59 bits per heavy atom. The topological polar surface area (TPSA) is 75.4 Å². The van der Waals surface area contributed by atoms with Gasteiger partial charge < -0.3 is 16.2 Å². The van der Waals surface area contributed by atoms with Crippen molar-refractivity contribution in [2.75, 3.05) is 6.61 Å². The molecule has 4 heteroatoms. The SMILES string of the molecule is NC1CCCC(C(=O)NC2(CO)CCCC2)C1. The third-order valence-electron chi connectivity index (χ3n) is 4.34. The lowest BCUT2D eigenvalue weighted by molar-refractivity contribution is -0.128. The van der Waals surface area contributed by atoms with Crippen LogP contribution in [0.5, 0.6) is 0 Å². The van der Waals surface area contributed by atoms with Gasteiger partial charge in [-0.05, 0) is 32.1 Å². The number of carbonyl (C=O) groups is 1. The van der Waals surface area contributed by atoms with Gasteiger partial charge in [0.2, 0.25) is 5.91 Å². The predicted octanol–water partition coefficient (Wildman–Crippen LogP) is 0.925. The Balaban J connectivity index is 1.91. The second-order valence-electron chi connectivity index (χ2n) is 5.76. The largest absolute Gasteiger partial charge is 0.394 e. The Morgan fingerprint density at radius 1 is 1.29 bits per heavy atom. The van der Waals surface area contributed by atoms with Crippen LogP contribution in [-0.2, 0) is 4.79 Å². The number of aliphatic hydroxyl groups excluding tert-OH is 1. The van der Waals surface area contributed by atoms with Crippen LogP contribution in [0.15, 0.2) is 0 Å². The Morgan fingerprint density at radius 2 is 2.00 bits per heavy atom. The highest BCUT2D eigenvalue weighted by Gasteiger charge is 2.37. The van der Waals surface area contributed by atoms with Crippen LogP contribution in [-0.4, -0.2) is 29.2 Å². The molecule has 4 N–H and O–H groups in total. The molecule has 2 saturated carbocycles. The van der Waals surface area contributed by atoms with Crippen molar-refractivity contribution < 1.29 is 9.90 Å². The number of hydrogen-bond donors (Lipinski definition) is 3. The monoisotopic (exact) mass is 240 g/mol. The Labute approximate surface area is 103 Å². The molecule has 0 aromatic rings. The summed E-state index contributed by atoms with van der Waals surface area (Å²) in [6, 6.07) is 0.174. The molecule has 4 nitrogen and oxygen atoms in total. The quantitative estimate of drug-likeness (QED) is 0.687. The molecule has 2 aliphatic carbocycles.